The molecule has 0 saturated heterocycles. The van der Waals surface area contributed by atoms with Gasteiger partial charge in [0, 0.05) is 26.0 Å². The van der Waals surface area contributed by atoms with Crippen molar-refractivity contribution in [3.63, 3.8) is 0 Å². The van der Waals surface area contributed by atoms with E-state index in [-0.39, 0.29) is 5.91 Å². The number of aryl methyl sites for hydroxylation is 1. The molecule has 2 aromatic rings. The topological polar surface area (TPSA) is 85.8 Å². The van der Waals surface area contributed by atoms with Gasteiger partial charge in [-0.3, -0.25) is 14.5 Å². The summed E-state index contributed by atoms with van der Waals surface area (Å²) in [7, 11) is 1.70. The summed E-state index contributed by atoms with van der Waals surface area (Å²) in [6.07, 6.45) is 5.69. The molecule has 94 valence electrons. The average Bonchev–Trinajstić information content (AvgIpc) is 2.71. The Kier molecular flexibility index (Phi) is 3.57. The quantitative estimate of drug-likeness (QED) is 0.814. The minimum atomic E-state index is -0.199. The normalized spacial score (nSPS) is 10.3. The van der Waals surface area contributed by atoms with E-state index in [2.05, 4.69) is 15.4 Å². The van der Waals surface area contributed by atoms with E-state index in [9.17, 15) is 4.79 Å². The Morgan fingerprint density at radius 3 is 2.78 bits per heavy atom. The lowest BCUT2D eigenvalue weighted by atomic mass is 10.2. The highest BCUT2D eigenvalue weighted by Gasteiger charge is 2.12. The minimum absolute atomic E-state index is 0.199. The first-order valence-corrected chi connectivity index (χ1v) is 5.63. The van der Waals surface area contributed by atoms with E-state index in [1.807, 2.05) is 12.1 Å². The molecular weight excluding hydrogens is 230 g/mol. The van der Waals surface area contributed by atoms with Gasteiger partial charge in [0.05, 0.1) is 6.20 Å². The Labute approximate surface area is 105 Å². The molecule has 0 fully saturated rings. The number of rotatable bonds is 4. The molecule has 0 saturated carbocycles. The van der Waals surface area contributed by atoms with Crippen LogP contribution in [-0.2, 0) is 13.5 Å². The minimum Gasteiger partial charge on any atom is -0.383 e. The number of carbonyl (C=O) groups is 1. The fraction of sp³-hybridized carbons (Fsp3) is 0.250. The smallest absolute Gasteiger partial charge is 0.256 e. The molecule has 6 nitrogen and oxygen atoms in total. The monoisotopic (exact) mass is 245 g/mol. The van der Waals surface area contributed by atoms with Crippen molar-refractivity contribution < 1.29 is 4.79 Å². The summed E-state index contributed by atoms with van der Waals surface area (Å²) in [5.74, 6) is 0.172. The molecule has 2 rings (SSSR count). The molecule has 2 heterocycles. The third-order valence-electron chi connectivity index (χ3n) is 2.68. The molecule has 1 amide bonds. The number of hydrogen-bond donors (Lipinski definition) is 2. The van der Waals surface area contributed by atoms with Gasteiger partial charge in [-0.2, -0.15) is 5.10 Å². The van der Waals surface area contributed by atoms with Gasteiger partial charge in [-0.15, -0.1) is 0 Å². The molecule has 6 heteroatoms. The highest BCUT2D eigenvalue weighted by molar-refractivity contribution is 5.98. The van der Waals surface area contributed by atoms with Crippen LogP contribution in [-0.4, -0.2) is 27.2 Å². The molecule has 0 aliphatic heterocycles. The lowest BCUT2D eigenvalue weighted by Crippen LogP contribution is -2.26. The van der Waals surface area contributed by atoms with E-state index in [1.54, 1.807) is 19.4 Å². The number of nitrogen functional groups attached to an aromatic ring is 1. The second-order valence-electron chi connectivity index (χ2n) is 3.93. The second-order valence-corrected chi connectivity index (χ2v) is 3.93. The maximum Gasteiger partial charge on any atom is 0.256 e. The van der Waals surface area contributed by atoms with Gasteiger partial charge in [-0.25, -0.2) is 0 Å². The molecule has 2 aromatic heterocycles. The van der Waals surface area contributed by atoms with E-state index in [4.69, 9.17) is 5.73 Å². The number of hydrogen-bond acceptors (Lipinski definition) is 4. The van der Waals surface area contributed by atoms with Crippen molar-refractivity contribution in [2.75, 3.05) is 12.3 Å². The molecule has 0 spiro atoms. The zero-order chi connectivity index (χ0) is 13.0. The van der Waals surface area contributed by atoms with Gasteiger partial charge in [0.1, 0.15) is 11.4 Å². The number of nitrogens with two attached hydrogens (primary N) is 1. The first-order chi connectivity index (χ1) is 8.68. The van der Waals surface area contributed by atoms with Gasteiger partial charge in [0.2, 0.25) is 0 Å². The van der Waals surface area contributed by atoms with Crippen LogP contribution in [0.3, 0.4) is 0 Å². The molecule has 0 unspecified atom stereocenters. The maximum atomic E-state index is 11.8. The molecule has 0 aromatic carbocycles. The molecule has 0 radical (unpaired) electrons. The van der Waals surface area contributed by atoms with Crippen molar-refractivity contribution in [1.82, 2.24) is 20.1 Å². The summed E-state index contributed by atoms with van der Waals surface area (Å²) in [5, 5.41) is 6.73. The van der Waals surface area contributed by atoms with Gasteiger partial charge in [-0.05, 0) is 24.1 Å². The number of amides is 1. The van der Waals surface area contributed by atoms with E-state index < -0.39 is 0 Å². The van der Waals surface area contributed by atoms with Crippen LogP contribution in [0.4, 0.5) is 5.82 Å². The number of nitrogens with zero attached hydrogens (tertiary/aromatic N) is 3. The molecule has 3 N–H and O–H groups in total. The fourth-order valence-corrected chi connectivity index (χ4v) is 1.59. The van der Waals surface area contributed by atoms with Crippen LogP contribution < -0.4 is 11.1 Å². The lowest BCUT2D eigenvalue weighted by molar-refractivity contribution is 0.0955. The van der Waals surface area contributed by atoms with E-state index >= 15 is 0 Å². The fourth-order valence-electron chi connectivity index (χ4n) is 1.59. The standard InChI is InChI=1S/C12H15N5O/c1-17-11(13)10(8-16-17)12(18)15-7-4-9-2-5-14-6-3-9/h2-3,5-6,8H,4,7,13H2,1H3,(H,15,18). The first kappa shape index (κ1) is 12.1. The lowest BCUT2D eigenvalue weighted by Gasteiger charge is -2.04. The van der Waals surface area contributed by atoms with Crippen molar-refractivity contribution in [2.45, 2.75) is 6.42 Å². The Morgan fingerprint density at radius 2 is 2.17 bits per heavy atom. The summed E-state index contributed by atoms with van der Waals surface area (Å²) >= 11 is 0. The Balaban J connectivity index is 1.88. The summed E-state index contributed by atoms with van der Waals surface area (Å²) < 4.78 is 1.47. The highest BCUT2D eigenvalue weighted by Crippen LogP contribution is 2.08. The third-order valence-corrected chi connectivity index (χ3v) is 2.68. The first-order valence-electron chi connectivity index (χ1n) is 5.63. The van der Waals surface area contributed by atoms with E-state index in [0.717, 1.165) is 12.0 Å². The van der Waals surface area contributed by atoms with Crippen molar-refractivity contribution >= 4 is 11.7 Å². The molecule has 0 bridgehead atoms. The van der Waals surface area contributed by atoms with E-state index in [1.165, 1.54) is 10.9 Å². The molecule has 0 aliphatic rings. The number of nitrogens with one attached hydrogen (secondary N) is 1. The van der Waals surface area contributed by atoms with Gasteiger partial charge in [-0.1, -0.05) is 0 Å². The van der Waals surface area contributed by atoms with Crippen molar-refractivity contribution in [3.05, 3.63) is 41.9 Å². The Bertz CT molecular complexity index is 535. The predicted molar refractivity (Wildman–Crippen MR) is 67.9 cm³/mol. The summed E-state index contributed by atoms with van der Waals surface area (Å²) in [5.41, 5.74) is 7.26. The Morgan fingerprint density at radius 1 is 1.44 bits per heavy atom. The van der Waals surface area contributed by atoms with Crippen molar-refractivity contribution in [2.24, 2.45) is 7.05 Å². The third kappa shape index (κ3) is 2.65. The number of pyridine rings is 1. The highest BCUT2D eigenvalue weighted by atomic mass is 16.1. The number of carbonyl (C=O) groups excluding carboxylic acids is 1. The summed E-state index contributed by atoms with van der Waals surface area (Å²) in [6, 6.07) is 3.84. The van der Waals surface area contributed by atoms with Crippen LogP contribution in [0.5, 0.6) is 0 Å². The maximum absolute atomic E-state index is 11.8. The van der Waals surface area contributed by atoms with Gasteiger partial charge < -0.3 is 11.1 Å². The molecule has 0 atom stereocenters. The van der Waals surface area contributed by atoms with Crippen molar-refractivity contribution in [3.8, 4) is 0 Å². The Hall–Kier alpha value is -2.37. The van der Waals surface area contributed by atoms with E-state index in [0.29, 0.717) is 17.9 Å². The van der Waals surface area contributed by atoms with Gasteiger partial charge >= 0.3 is 0 Å². The van der Waals surface area contributed by atoms with Crippen LogP contribution in [0.15, 0.2) is 30.7 Å². The zero-order valence-corrected chi connectivity index (χ0v) is 10.1. The largest absolute Gasteiger partial charge is 0.383 e. The van der Waals surface area contributed by atoms with Crippen LogP contribution >= 0.6 is 0 Å². The molecular formula is C12H15N5O. The van der Waals surface area contributed by atoms with Crippen molar-refractivity contribution in [1.29, 1.82) is 0 Å². The number of anilines is 1. The van der Waals surface area contributed by atoms with Crippen LogP contribution in [0.25, 0.3) is 0 Å². The molecule has 18 heavy (non-hydrogen) atoms. The van der Waals surface area contributed by atoms with Gasteiger partial charge in [0.25, 0.3) is 5.91 Å². The average molecular weight is 245 g/mol. The number of aromatic nitrogens is 3. The second kappa shape index (κ2) is 5.31. The summed E-state index contributed by atoms with van der Waals surface area (Å²) in [4.78, 5) is 15.7. The predicted octanol–water partition coefficient (Wildman–Crippen LogP) is 0.370. The van der Waals surface area contributed by atoms with Crippen LogP contribution in [0.1, 0.15) is 15.9 Å². The molecule has 0 aliphatic carbocycles. The SMILES string of the molecule is Cn1ncc(C(=O)NCCc2ccncc2)c1N. The van der Waals surface area contributed by atoms with Gasteiger partial charge in [0.15, 0.2) is 0 Å². The van der Waals surface area contributed by atoms with Crippen LogP contribution in [0, 0.1) is 0 Å². The van der Waals surface area contributed by atoms with Crippen LogP contribution in [0.2, 0.25) is 0 Å². The zero-order valence-electron chi connectivity index (χ0n) is 10.1. The summed E-state index contributed by atoms with van der Waals surface area (Å²) in [6.45, 7) is 0.553.